The van der Waals surface area contributed by atoms with Crippen LogP contribution in [0.25, 0.3) is 22.3 Å². The van der Waals surface area contributed by atoms with Crippen LogP contribution >= 0.6 is 0 Å². The molecule has 5 nitrogen and oxygen atoms in total. The normalized spacial score (nSPS) is 10.8. The number of rotatable bonds is 2. The molecule has 0 aliphatic heterocycles. The molecule has 0 spiro atoms. The van der Waals surface area contributed by atoms with Crippen molar-refractivity contribution in [3.05, 3.63) is 52.2 Å². The molecular weight excluding hydrogens is 284 g/mol. The SMILES string of the molecule is COc1cc(-c2oc3cc(O)ccc3c(=O)c2O)ccc1C. The monoisotopic (exact) mass is 298 g/mol. The van der Waals surface area contributed by atoms with Gasteiger partial charge < -0.3 is 19.4 Å². The number of methoxy groups -OCH3 is 1. The maximum absolute atomic E-state index is 12.2. The van der Waals surface area contributed by atoms with Crippen LogP contribution in [0, 0.1) is 6.92 Å². The van der Waals surface area contributed by atoms with Crippen LogP contribution in [-0.2, 0) is 0 Å². The molecule has 0 unspecified atom stereocenters. The van der Waals surface area contributed by atoms with Crippen LogP contribution in [0.15, 0.2) is 45.6 Å². The highest BCUT2D eigenvalue weighted by Gasteiger charge is 2.16. The summed E-state index contributed by atoms with van der Waals surface area (Å²) in [5.74, 6) is 0.176. The molecule has 2 aromatic carbocycles. The standard InChI is InChI=1S/C17H14O5/c1-9-3-4-10(7-13(9)21-2)17-16(20)15(19)12-6-5-11(18)8-14(12)22-17/h3-8,18,20H,1-2H3. The Morgan fingerprint density at radius 2 is 1.86 bits per heavy atom. The zero-order chi connectivity index (χ0) is 15.9. The number of aromatic hydroxyl groups is 2. The Balaban J connectivity index is 2.31. The third-order valence-electron chi connectivity index (χ3n) is 3.52. The van der Waals surface area contributed by atoms with Gasteiger partial charge in [0.25, 0.3) is 0 Å². The van der Waals surface area contributed by atoms with Gasteiger partial charge in [0, 0.05) is 11.6 Å². The van der Waals surface area contributed by atoms with Gasteiger partial charge in [0.1, 0.15) is 17.1 Å². The predicted octanol–water partition coefficient (Wildman–Crippen LogP) is 3.19. The molecule has 3 rings (SSSR count). The average Bonchev–Trinajstić information content (AvgIpc) is 2.51. The van der Waals surface area contributed by atoms with Crippen molar-refractivity contribution in [2.24, 2.45) is 0 Å². The van der Waals surface area contributed by atoms with E-state index in [2.05, 4.69) is 0 Å². The number of hydrogen-bond donors (Lipinski definition) is 2. The Hall–Kier alpha value is -2.95. The summed E-state index contributed by atoms with van der Waals surface area (Å²) >= 11 is 0. The topological polar surface area (TPSA) is 79.9 Å². The summed E-state index contributed by atoms with van der Waals surface area (Å²) in [6, 6.07) is 9.33. The number of ether oxygens (including phenoxy) is 1. The molecule has 2 N–H and O–H groups in total. The first-order valence-corrected chi connectivity index (χ1v) is 6.65. The Kier molecular flexibility index (Phi) is 3.25. The fourth-order valence-corrected chi connectivity index (χ4v) is 2.33. The highest BCUT2D eigenvalue weighted by molar-refractivity contribution is 5.83. The Morgan fingerprint density at radius 1 is 1.09 bits per heavy atom. The lowest BCUT2D eigenvalue weighted by atomic mass is 10.1. The van der Waals surface area contributed by atoms with Crippen molar-refractivity contribution in [2.45, 2.75) is 6.92 Å². The number of aryl methyl sites for hydroxylation is 1. The van der Waals surface area contributed by atoms with Crippen LogP contribution in [0.5, 0.6) is 17.2 Å². The van der Waals surface area contributed by atoms with E-state index in [4.69, 9.17) is 9.15 Å². The summed E-state index contributed by atoms with van der Waals surface area (Å²) in [5, 5.41) is 19.9. The molecule has 22 heavy (non-hydrogen) atoms. The van der Waals surface area contributed by atoms with E-state index >= 15 is 0 Å². The lowest BCUT2D eigenvalue weighted by Crippen LogP contribution is -2.02. The molecule has 0 saturated heterocycles. The number of hydrogen-bond acceptors (Lipinski definition) is 5. The molecule has 3 aromatic rings. The van der Waals surface area contributed by atoms with Crippen LogP contribution in [0.1, 0.15) is 5.56 Å². The fourth-order valence-electron chi connectivity index (χ4n) is 2.33. The van der Waals surface area contributed by atoms with Crippen LogP contribution in [-0.4, -0.2) is 17.3 Å². The first-order valence-electron chi connectivity index (χ1n) is 6.65. The summed E-state index contributed by atoms with van der Waals surface area (Å²) < 4.78 is 10.9. The molecule has 1 heterocycles. The summed E-state index contributed by atoms with van der Waals surface area (Å²) in [6.07, 6.45) is 0. The molecule has 1 aromatic heterocycles. The lowest BCUT2D eigenvalue weighted by Gasteiger charge is -2.09. The highest BCUT2D eigenvalue weighted by atomic mass is 16.5. The van der Waals surface area contributed by atoms with Gasteiger partial charge in [0.05, 0.1) is 12.5 Å². The molecule has 0 aliphatic carbocycles. The average molecular weight is 298 g/mol. The minimum absolute atomic E-state index is 0.0197. The fraction of sp³-hybridized carbons (Fsp3) is 0.118. The second kappa shape index (κ2) is 5.11. The third kappa shape index (κ3) is 2.16. The predicted molar refractivity (Wildman–Crippen MR) is 82.5 cm³/mol. The Bertz CT molecular complexity index is 924. The van der Waals surface area contributed by atoms with Crippen molar-refractivity contribution in [3.8, 4) is 28.6 Å². The summed E-state index contributed by atoms with van der Waals surface area (Å²) in [4.78, 5) is 12.2. The van der Waals surface area contributed by atoms with Crippen LogP contribution in [0.4, 0.5) is 0 Å². The maximum atomic E-state index is 12.2. The minimum Gasteiger partial charge on any atom is -0.508 e. The number of phenolic OH excluding ortho intramolecular Hbond substituents is 1. The lowest BCUT2D eigenvalue weighted by molar-refractivity contribution is 0.411. The van der Waals surface area contributed by atoms with Gasteiger partial charge >= 0.3 is 0 Å². The second-order valence-electron chi connectivity index (χ2n) is 4.97. The number of phenols is 1. The van der Waals surface area contributed by atoms with Crippen LogP contribution in [0.2, 0.25) is 0 Å². The van der Waals surface area contributed by atoms with Gasteiger partial charge in [-0.05, 0) is 30.7 Å². The summed E-state index contributed by atoms with van der Waals surface area (Å²) in [5.41, 5.74) is 1.10. The van der Waals surface area contributed by atoms with E-state index in [1.165, 1.54) is 18.2 Å². The van der Waals surface area contributed by atoms with E-state index in [9.17, 15) is 15.0 Å². The molecule has 0 amide bonds. The zero-order valence-corrected chi connectivity index (χ0v) is 12.1. The number of fused-ring (bicyclic) bond motifs is 1. The van der Waals surface area contributed by atoms with E-state index in [1.54, 1.807) is 25.3 Å². The van der Waals surface area contributed by atoms with Crippen LogP contribution in [0.3, 0.4) is 0 Å². The van der Waals surface area contributed by atoms with Gasteiger partial charge in [0.2, 0.25) is 11.2 Å². The maximum Gasteiger partial charge on any atom is 0.235 e. The quantitative estimate of drug-likeness (QED) is 0.759. The van der Waals surface area contributed by atoms with Crippen LogP contribution < -0.4 is 10.2 Å². The molecular formula is C17H14O5. The highest BCUT2D eigenvalue weighted by Crippen LogP contribution is 2.33. The summed E-state index contributed by atoms with van der Waals surface area (Å²) in [6.45, 7) is 1.89. The first kappa shape index (κ1) is 14.0. The molecule has 5 heteroatoms. The zero-order valence-electron chi connectivity index (χ0n) is 12.1. The van der Waals surface area contributed by atoms with E-state index in [-0.39, 0.29) is 22.5 Å². The molecule has 0 aliphatic rings. The van der Waals surface area contributed by atoms with Crippen molar-refractivity contribution in [1.82, 2.24) is 0 Å². The van der Waals surface area contributed by atoms with Gasteiger partial charge in [-0.3, -0.25) is 4.79 Å². The molecule has 0 saturated carbocycles. The molecule has 0 radical (unpaired) electrons. The second-order valence-corrected chi connectivity index (χ2v) is 4.97. The van der Waals surface area contributed by atoms with Gasteiger partial charge in [-0.15, -0.1) is 0 Å². The minimum atomic E-state index is -0.546. The molecule has 0 atom stereocenters. The Labute approximate surface area is 126 Å². The van der Waals surface area contributed by atoms with E-state index in [0.29, 0.717) is 11.3 Å². The Morgan fingerprint density at radius 3 is 2.59 bits per heavy atom. The van der Waals surface area contributed by atoms with Gasteiger partial charge in [-0.25, -0.2) is 0 Å². The van der Waals surface area contributed by atoms with Gasteiger partial charge in [0.15, 0.2) is 5.76 Å². The molecule has 112 valence electrons. The van der Waals surface area contributed by atoms with E-state index < -0.39 is 11.2 Å². The van der Waals surface area contributed by atoms with Crippen molar-refractivity contribution in [1.29, 1.82) is 0 Å². The molecule has 0 fully saturated rings. The van der Waals surface area contributed by atoms with Gasteiger partial charge in [-0.2, -0.15) is 0 Å². The third-order valence-corrected chi connectivity index (χ3v) is 3.52. The number of benzene rings is 2. The van der Waals surface area contributed by atoms with Crippen molar-refractivity contribution >= 4 is 11.0 Å². The smallest absolute Gasteiger partial charge is 0.235 e. The van der Waals surface area contributed by atoms with E-state index in [0.717, 1.165) is 5.56 Å². The van der Waals surface area contributed by atoms with Gasteiger partial charge in [-0.1, -0.05) is 12.1 Å². The first-order chi connectivity index (χ1) is 10.5. The van der Waals surface area contributed by atoms with Crippen molar-refractivity contribution in [2.75, 3.05) is 7.11 Å². The molecule has 0 bridgehead atoms. The van der Waals surface area contributed by atoms with E-state index in [1.807, 2.05) is 6.92 Å². The van der Waals surface area contributed by atoms with Crippen molar-refractivity contribution in [3.63, 3.8) is 0 Å². The summed E-state index contributed by atoms with van der Waals surface area (Å²) in [7, 11) is 1.54. The van der Waals surface area contributed by atoms with Crippen molar-refractivity contribution < 1.29 is 19.4 Å². The largest absolute Gasteiger partial charge is 0.508 e.